The summed E-state index contributed by atoms with van der Waals surface area (Å²) in [4.78, 5) is 18.0. The summed E-state index contributed by atoms with van der Waals surface area (Å²) < 4.78 is 0. The maximum atomic E-state index is 12.9. The van der Waals surface area contributed by atoms with E-state index in [0.717, 1.165) is 37.5 Å². The number of nitrogens with zero attached hydrogens (tertiary/aromatic N) is 2. The summed E-state index contributed by atoms with van der Waals surface area (Å²) in [5.74, 6) is 0.199. The Balaban J connectivity index is 1.42. The minimum Gasteiger partial charge on any atom is -0.352 e. The Bertz CT molecular complexity index is 558. The lowest BCUT2D eigenvalue weighted by atomic mass is 9.96. The van der Waals surface area contributed by atoms with E-state index in [-0.39, 0.29) is 11.9 Å². The molecule has 3 aliphatic rings. The van der Waals surface area contributed by atoms with E-state index in [1.54, 1.807) is 0 Å². The monoisotopic (exact) mass is 341 g/mol. The third-order valence-electron chi connectivity index (χ3n) is 6.06. The van der Waals surface area contributed by atoms with Crippen molar-refractivity contribution in [1.29, 1.82) is 0 Å². The van der Waals surface area contributed by atoms with Gasteiger partial charge >= 0.3 is 0 Å². The van der Waals surface area contributed by atoms with Gasteiger partial charge in [-0.25, -0.2) is 0 Å². The van der Waals surface area contributed by atoms with Gasteiger partial charge in [0.1, 0.15) is 6.04 Å². The van der Waals surface area contributed by atoms with Crippen LogP contribution in [-0.4, -0.2) is 54.0 Å². The largest absolute Gasteiger partial charge is 0.352 e. The summed E-state index contributed by atoms with van der Waals surface area (Å²) in [7, 11) is 0. The number of likely N-dealkylation sites (tertiary alicyclic amines) is 2. The first-order valence-electron chi connectivity index (χ1n) is 10.1. The Kier molecular flexibility index (Phi) is 5.37. The molecule has 2 heterocycles. The number of rotatable bonds is 5. The van der Waals surface area contributed by atoms with Crippen LogP contribution in [0.3, 0.4) is 0 Å². The highest BCUT2D eigenvalue weighted by Crippen LogP contribution is 2.29. The Morgan fingerprint density at radius 3 is 2.24 bits per heavy atom. The van der Waals surface area contributed by atoms with Gasteiger partial charge in [0.2, 0.25) is 5.91 Å². The summed E-state index contributed by atoms with van der Waals surface area (Å²) in [5, 5.41) is 3.23. The standard InChI is InChI=1S/C21H31N3O/c25-21(22-18-9-10-18)20(17-7-3-1-4-8-17)24-15-11-19(12-16-24)23-13-5-2-6-14-23/h1,3-4,7-8,18-20H,2,5-6,9-16H2,(H,22,25)/t20-/m1/s1. The van der Waals surface area contributed by atoms with Crippen molar-refractivity contribution in [2.45, 2.75) is 63.1 Å². The molecule has 1 atom stereocenters. The van der Waals surface area contributed by atoms with Gasteiger partial charge in [-0.05, 0) is 57.2 Å². The lowest BCUT2D eigenvalue weighted by Gasteiger charge is -2.42. The molecule has 3 fully saturated rings. The predicted octanol–water partition coefficient (Wildman–Crippen LogP) is 2.96. The molecule has 25 heavy (non-hydrogen) atoms. The third kappa shape index (κ3) is 4.24. The number of piperidine rings is 2. The van der Waals surface area contributed by atoms with Crippen LogP contribution in [0.4, 0.5) is 0 Å². The van der Waals surface area contributed by atoms with Gasteiger partial charge in [0.25, 0.3) is 0 Å². The molecule has 2 saturated heterocycles. The zero-order chi connectivity index (χ0) is 17.1. The van der Waals surface area contributed by atoms with E-state index in [0.29, 0.717) is 6.04 Å². The van der Waals surface area contributed by atoms with Gasteiger partial charge in [-0.3, -0.25) is 9.69 Å². The maximum Gasteiger partial charge on any atom is 0.242 e. The summed E-state index contributed by atoms with van der Waals surface area (Å²) >= 11 is 0. The molecule has 1 amide bonds. The van der Waals surface area contributed by atoms with Crippen molar-refractivity contribution < 1.29 is 4.79 Å². The zero-order valence-electron chi connectivity index (χ0n) is 15.2. The van der Waals surface area contributed by atoms with Gasteiger partial charge in [-0.2, -0.15) is 0 Å². The van der Waals surface area contributed by atoms with E-state index in [1.807, 2.05) is 18.2 Å². The number of hydrogen-bond acceptors (Lipinski definition) is 3. The van der Waals surface area contributed by atoms with Crippen molar-refractivity contribution in [3.63, 3.8) is 0 Å². The Labute approximate surface area is 151 Å². The molecule has 0 unspecified atom stereocenters. The van der Waals surface area contributed by atoms with Crippen LogP contribution in [-0.2, 0) is 4.79 Å². The number of carbonyl (C=O) groups is 1. The summed E-state index contributed by atoms with van der Waals surface area (Å²) in [5.41, 5.74) is 1.14. The number of nitrogens with one attached hydrogen (secondary N) is 1. The Morgan fingerprint density at radius 1 is 0.920 bits per heavy atom. The lowest BCUT2D eigenvalue weighted by Crippen LogP contribution is -2.50. The molecule has 1 N–H and O–H groups in total. The molecule has 0 bridgehead atoms. The fourth-order valence-corrected chi connectivity index (χ4v) is 4.46. The maximum absolute atomic E-state index is 12.9. The van der Waals surface area contributed by atoms with Gasteiger partial charge in [0.05, 0.1) is 0 Å². The molecule has 1 aromatic rings. The van der Waals surface area contributed by atoms with Gasteiger partial charge < -0.3 is 10.2 Å². The fourth-order valence-electron chi connectivity index (χ4n) is 4.46. The van der Waals surface area contributed by atoms with Gasteiger partial charge in [0, 0.05) is 25.2 Å². The third-order valence-corrected chi connectivity index (χ3v) is 6.06. The van der Waals surface area contributed by atoms with Crippen molar-refractivity contribution in [3.05, 3.63) is 35.9 Å². The normalized spacial score (nSPS) is 24.8. The molecular weight excluding hydrogens is 310 g/mol. The molecule has 1 aromatic carbocycles. The van der Waals surface area contributed by atoms with E-state index in [2.05, 4.69) is 27.2 Å². The first kappa shape index (κ1) is 17.0. The molecule has 0 spiro atoms. The molecule has 1 saturated carbocycles. The molecule has 4 heteroatoms. The van der Waals surface area contributed by atoms with Crippen LogP contribution < -0.4 is 5.32 Å². The highest BCUT2D eigenvalue weighted by molar-refractivity contribution is 5.83. The summed E-state index contributed by atoms with van der Waals surface area (Å²) in [6.45, 7) is 4.60. The van der Waals surface area contributed by atoms with Crippen LogP contribution >= 0.6 is 0 Å². The molecule has 1 aliphatic carbocycles. The second-order valence-electron chi connectivity index (χ2n) is 7.96. The van der Waals surface area contributed by atoms with Crippen LogP contribution in [0, 0.1) is 0 Å². The Hall–Kier alpha value is -1.39. The zero-order valence-corrected chi connectivity index (χ0v) is 15.2. The minimum absolute atomic E-state index is 0.121. The van der Waals surface area contributed by atoms with E-state index in [1.165, 1.54) is 45.2 Å². The van der Waals surface area contributed by atoms with Crippen LogP contribution in [0.5, 0.6) is 0 Å². The Morgan fingerprint density at radius 2 is 1.60 bits per heavy atom. The summed E-state index contributed by atoms with van der Waals surface area (Å²) in [6.07, 6.45) is 8.79. The van der Waals surface area contributed by atoms with Crippen LogP contribution in [0.2, 0.25) is 0 Å². The van der Waals surface area contributed by atoms with E-state index in [9.17, 15) is 4.79 Å². The molecular formula is C21H31N3O. The van der Waals surface area contributed by atoms with Crippen LogP contribution in [0.1, 0.15) is 56.6 Å². The lowest BCUT2D eigenvalue weighted by molar-refractivity contribution is -0.127. The van der Waals surface area contributed by atoms with Gasteiger partial charge in [-0.1, -0.05) is 36.8 Å². The molecule has 4 nitrogen and oxygen atoms in total. The van der Waals surface area contributed by atoms with Crippen molar-refractivity contribution in [3.8, 4) is 0 Å². The van der Waals surface area contributed by atoms with Crippen molar-refractivity contribution in [1.82, 2.24) is 15.1 Å². The topological polar surface area (TPSA) is 35.6 Å². The van der Waals surface area contributed by atoms with Crippen LogP contribution in [0.25, 0.3) is 0 Å². The number of carbonyl (C=O) groups excluding carboxylic acids is 1. The second-order valence-corrected chi connectivity index (χ2v) is 7.96. The average Bonchev–Trinajstić information content (AvgIpc) is 3.48. The molecule has 0 aromatic heterocycles. The first-order valence-corrected chi connectivity index (χ1v) is 10.1. The summed E-state index contributed by atoms with van der Waals surface area (Å²) in [6, 6.07) is 11.4. The van der Waals surface area contributed by atoms with Crippen molar-refractivity contribution in [2.24, 2.45) is 0 Å². The number of benzene rings is 1. The highest BCUT2D eigenvalue weighted by atomic mass is 16.2. The van der Waals surface area contributed by atoms with Crippen molar-refractivity contribution in [2.75, 3.05) is 26.2 Å². The average molecular weight is 341 g/mol. The highest BCUT2D eigenvalue weighted by Gasteiger charge is 2.35. The van der Waals surface area contributed by atoms with E-state index < -0.39 is 0 Å². The number of hydrogen-bond donors (Lipinski definition) is 1. The van der Waals surface area contributed by atoms with Crippen molar-refractivity contribution >= 4 is 5.91 Å². The van der Waals surface area contributed by atoms with E-state index in [4.69, 9.17) is 0 Å². The van der Waals surface area contributed by atoms with E-state index >= 15 is 0 Å². The second kappa shape index (κ2) is 7.88. The molecule has 2 aliphatic heterocycles. The van der Waals surface area contributed by atoms with Gasteiger partial charge in [-0.15, -0.1) is 0 Å². The first-order chi connectivity index (χ1) is 12.3. The van der Waals surface area contributed by atoms with Gasteiger partial charge in [0.15, 0.2) is 0 Å². The molecule has 0 radical (unpaired) electrons. The minimum atomic E-state index is -0.121. The fraction of sp³-hybridized carbons (Fsp3) is 0.667. The SMILES string of the molecule is O=C(NC1CC1)[C@@H](c1ccccc1)N1CCC(N2CCCCC2)CC1. The number of amides is 1. The molecule has 136 valence electrons. The predicted molar refractivity (Wildman–Crippen MR) is 100 cm³/mol. The molecule has 4 rings (SSSR count). The van der Waals surface area contributed by atoms with Crippen LogP contribution in [0.15, 0.2) is 30.3 Å². The quantitative estimate of drug-likeness (QED) is 0.894. The smallest absolute Gasteiger partial charge is 0.242 e.